The van der Waals surface area contributed by atoms with Crippen LogP contribution in [0.5, 0.6) is 0 Å². The predicted molar refractivity (Wildman–Crippen MR) is 128 cm³/mol. The van der Waals surface area contributed by atoms with Gasteiger partial charge in [0.25, 0.3) is 0 Å². The summed E-state index contributed by atoms with van der Waals surface area (Å²) in [5.74, 6) is -0.753. The minimum Gasteiger partial charge on any atom is -0.478 e. The maximum atomic E-state index is 13.6. The van der Waals surface area contributed by atoms with Gasteiger partial charge in [0.05, 0.1) is 12.1 Å². The molecule has 1 saturated heterocycles. The Balaban J connectivity index is 3.17. The first-order valence-corrected chi connectivity index (χ1v) is 11.8. The molecule has 0 aliphatic carbocycles. The Morgan fingerprint density at radius 3 is 2.12 bits per heavy atom. The van der Waals surface area contributed by atoms with E-state index in [1.165, 1.54) is 6.92 Å². The van der Waals surface area contributed by atoms with Crippen LogP contribution < -0.4 is 5.32 Å². The lowest BCUT2D eigenvalue weighted by atomic mass is 9.84. The molecule has 1 rings (SSSR count). The third-order valence-corrected chi connectivity index (χ3v) is 6.46. The van der Waals surface area contributed by atoms with Crippen LogP contribution in [-0.2, 0) is 14.4 Å². The average Bonchev–Trinajstić information content (AvgIpc) is 2.67. The van der Waals surface area contributed by atoms with Crippen LogP contribution in [0.2, 0.25) is 0 Å². The number of rotatable bonds is 8. The highest BCUT2D eigenvalue weighted by Crippen LogP contribution is 2.27. The quantitative estimate of drug-likeness (QED) is 0.551. The number of likely N-dealkylation sites (tertiary alicyclic amines) is 1. The Morgan fingerprint density at radius 1 is 1.12 bits per heavy atom. The van der Waals surface area contributed by atoms with Gasteiger partial charge in [0.2, 0.25) is 11.8 Å². The number of hydrogen-bond donors (Lipinski definition) is 2. The molecule has 1 fully saturated rings. The zero-order valence-corrected chi connectivity index (χ0v) is 21.7. The summed E-state index contributed by atoms with van der Waals surface area (Å²) >= 11 is 0. The number of carbonyl (C=O) groups is 3. The molecule has 1 heterocycles. The number of hydrogen-bond acceptors (Lipinski definition) is 4. The van der Waals surface area contributed by atoms with E-state index in [0.29, 0.717) is 5.92 Å². The van der Waals surface area contributed by atoms with Crippen LogP contribution in [0.25, 0.3) is 0 Å². The van der Waals surface area contributed by atoms with Crippen LogP contribution in [-0.4, -0.2) is 70.4 Å². The number of nitrogens with one attached hydrogen (secondary N) is 1. The summed E-state index contributed by atoms with van der Waals surface area (Å²) in [6.45, 7) is 18.5. The molecule has 7 heteroatoms. The Kier molecular flexibility index (Phi) is 9.94. The van der Waals surface area contributed by atoms with Gasteiger partial charge in [-0.05, 0) is 50.9 Å². The first-order chi connectivity index (χ1) is 14.6. The smallest absolute Gasteiger partial charge is 0.331 e. The largest absolute Gasteiger partial charge is 0.478 e. The van der Waals surface area contributed by atoms with Crippen molar-refractivity contribution in [3.05, 3.63) is 11.6 Å². The topological polar surface area (TPSA) is 90.0 Å². The van der Waals surface area contributed by atoms with E-state index in [4.69, 9.17) is 0 Å². The summed E-state index contributed by atoms with van der Waals surface area (Å²) in [6.07, 6.45) is 3.39. The van der Waals surface area contributed by atoms with E-state index in [2.05, 4.69) is 31.0 Å². The van der Waals surface area contributed by atoms with Gasteiger partial charge >= 0.3 is 5.97 Å². The number of likely N-dealkylation sites (N-methyl/N-ethyl adjacent to an activating group) is 1. The number of carboxylic acid groups (broad SMARTS) is 1. The van der Waals surface area contributed by atoms with Crippen molar-refractivity contribution in [3.63, 3.8) is 0 Å². The molecule has 0 aromatic heterocycles. The average molecular weight is 452 g/mol. The minimum atomic E-state index is -1.00. The Labute approximate surface area is 194 Å². The zero-order chi connectivity index (χ0) is 25.0. The molecule has 2 N–H and O–H groups in total. The molecular formula is C25H45N3O4. The van der Waals surface area contributed by atoms with Gasteiger partial charge in [-0.25, -0.2) is 4.79 Å². The van der Waals surface area contributed by atoms with Crippen LogP contribution in [0.3, 0.4) is 0 Å². The van der Waals surface area contributed by atoms with Gasteiger partial charge < -0.3 is 15.3 Å². The molecule has 0 bridgehead atoms. The minimum absolute atomic E-state index is 0.0193. The lowest BCUT2D eigenvalue weighted by molar-refractivity contribution is -0.142. The SMILES string of the molecule is CC(=C[C@H](C(C)C)N(C)C(=O)[C@@H](NC(=O)[C@H]1CC[C@@H](C)CN1C(C)C)C(C)(C)C)C(=O)O. The highest BCUT2D eigenvalue weighted by atomic mass is 16.4. The first kappa shape index (κ1) is 28.1. The van der Waals surface area contributed by atoms with Crippen molar-refractivity contribution < 1.29 is 19.5 Å². The number of piperidine rings is 1. The second kappa shape index (κ2) is 11.3. The molecule has 32 heavy (non-hydrogen) atoms. The second-order valence-electron chi connectivity index (χ2n) is 11.1. The molecule has 0 unspecified atom stereocenters. The zero-order valence-electron chi connectivity index (χ0n) is 21.7. The number of aliphatic carboxylic acids is 1. The van der Waals surface area contributed by atoms with E-state index in [1.807, 2.05) is 34.6 Å². The monoisotopic (exact) mass is 451 g/mol. The van der Waals surface area contributed by atoms with Gasteiger partial charge in [-0.1, -0.05) is 47.6 Å². The van der Waals surface area contributed by atoms with Crippen LogP contribution in [0, 0.1) is 17.3 Å². The molecule has 1 aliphatic heterocycles. The fourth-order valence-corrected chi connectivity index (χ4v) is 4.36. The number of nitrogens with zero attached hydrogens (tertiary/aromatic N) is 2. The second-order valence-corrected chi connectivity index (χ2v) is 11.1. The summed E-state index contributed by atoms with van der Waals surface area (Å²) in [6, 6.07) is -1.10. The van der Waals surface area contributed by atoms with E-state index in [-0.39, 0.29) is 41.4 Å². The van der Waals surface area contributed by atoms with Crippen molar-refractivity contribution in [2.24, 2.45) is 17.3 Å². The van der Waals surface area contributed by atoms with Gasteiger partial charge in [-0.2, -0.15) is 0 Å². The standard InChI is InChI=1S/C25H45N3O4/c1-15(2)20(13-18(6)24(31)32)27(10)23(30)21(25(7,8)9)26-22(29)19-12-11-17(5)14-28(19)16(3)4/h13,15-17,19-21H,11-12,14H2,1-10H3,(H,26,29)(H,31,32)/t17-,19-,20-,21-/m1/s1. The third kappa shape index (κ3) is 7.32. The molecule has 4 atom stereocenters. The Morgan fingerprint density at radius 2 is 1.69 bits per heavy atom. The van der Waals surface area contributed by atoms with Gasteiger partial charge in [0.15, 0.2) is 0 Å². The van der Waals surface area contributed by atoms with Gasteiger partial charge in [0.1, 0.15) is 6.04 Å². The van der Waals surface area contributed by atoms with Crippen molar-refractivity contribution >= 4 is 17.8 Å². The van der Waals surface area contributed by atoms with Crippen LogP contribution in [0.15, 0.2) is 11.6 Å². The van der Waals surface area contributed by atoms with Crippen molar-refractivity contribution in [2.45, 2.75) is 99.3 Å². The van der Waals surface area contributed by atoms with Crippen LogP contribution in [0.1, 0.15) is 75.2 Å². The van der Waals surface area contributed by atoms with Gasteiger partial charge in [-0.3, -0.25) is 14.5 Å². The molecular weight excluding hydrogens is 406 g/mol. The van der Waals surface area contributed by atoms with Gasteiger partial charge in [0, 0.05) is 25.2 Å². The summed E-state index contributed by atoms with van der Waals surface area (Å²) < 4.78 is 0. The number of amides is 2. The lowest BCUT2D eigenvalue weighted by Gasteiger charge is -2.42. The Hall–Kier alpha value is -1.89. The normalized spacial score (nSPS) is 22.6. The molecule has 0 radical (unpaired) electrons. The molecule has 0 aromatic carbocycles. The Bertz CT molecular complexity index is 708. The van der Waals surface area contributed by atoms with Crippen LogP contribution in [0.4, 0.5) is 0 Å². The highest BCUT2D eigenvalue weighted by Gasteiger charge is 2.40. The van der Waals surface area contributed by atoms with Crippen molar-refractivity contribution in [1.29, 1.82) is 0 Å². The molecule has 1 aliphatic rings. The molecule has 2 amide bonds. The van der Waals surface area contributed by atoms with E-state index >= 15 is 0 Å². The van der Waals surface area contributed by atoms with E-state index in [1.54, 1.807) is 18.0 Å². The fourth-order valence-electron chi connectivity index (χ4n) is 4.36. The third-order valence-electron chi connectivity index (χ3n) is 6.46. The molecule has 7 nitrogen and oxygen atoms in total. The summed E-state index contributed by atoms with van der Waals surface area (Å²) in [5.41, 5.74) is -0.304. The maximum absolute atomic E-state index is 13.6. The summed E-state index contributed by atoms with van der Waals surface area (Å²) in [7, 11) is 1.69. The van der Waals surface area contributed by atoms with E-state index in [9.17, 15) is 19.5 Å². The first-order valence-electron chi connectivity index (χ1n) is 11.8. The van der Waals surface area contributed by atoms with Crippen molar-refractivity contribution in [1.82, 2.24) is 15.1 Å². The van der Waals surface area contributed by atoms with E-state index < -0.39 is 17.4 Å². The fraction of sp³-hybridized carbons (Fsp3) is 0.800. The molecule has 0 spiro atoms. The van der Waals surface area contributed by atoms with Gasteiger partial charge in [-0.15, -0.1) is 0 Å². The number of carboxylic acids is 1. The summed E-state index contributed by atoms with van der Waals surface area (Å²) in [4.78, 5) is 42.1. The number of carbonyl (C=O) groups excluding carboxylic acids is 2. The maximum Gasteiger partial charge on any atom is 0.331 e. The van der Waals surface area contributed by atoms with Crippen molar-refractivity contribution in [2.75, 3.05) is 13.6 Å². The molecule has 0 aromatic rings. The lowest BCUT2D eigenvalue weighted by Crippen LogP contribution is -2.61. The molecule has 0 saturated carbocycles. The highest BCUT2D eigenvalue weighted by molar-refractivity contribution is 5.91. The predicted octanol–water partition coefficient (Wildman–Crippen LogP) is 3.54. The van der Waals surface area contributed by atoms with E-state index in [0.717, 1.165) is 19.4 Å². The van der Waals surface area contributed by atoms with Crippen molar-refractivity contribution in [3.8, 4) is 0 Å². The summed E-state index contributed by atoms with van der Waals surface area (Å²) in [5, 5.41) is 12.4. The van der Waals surface area contributed by atoms with Crippen LogP contribution >= 0.6 is 0 Å². The molecule has 184 valence electrons.